The van der Waals surface area contributed by atoms with Crippen molar-refractivity contribution < 1.29 is 9.90 Å². The number of anilines is 1. The van der Waals surface area contributed by atoms with Crippen LogP contribution in [0.4, 0.5) is 5.69 Å². The molecule has 0 spiro atoms. The molecule has 0 aliphatic carbocycles. The third kappa shape index (κ3) is 1.75. The molecule has 0 radical (unpaired) electrons. The van der Waals surface area contributed by atoms with Crippen LogP contribution in [0.25, 0.3) is 0 Å². The second kappa shape index (κ2) is 3.75. The van der Waals surface area contributed by atoms with E-state index in [0.29, 0.717) is 12.2 Å². The van der Waals surface area contributed by atoms with E-state index in [1.165, 1.54) is 0 Å². The van der Waals surface area contributed by atoms with Crippen molar-refractivity contribution in [3.05, 3.63) is 24.0 Å². The Labute approximate surface area is 82.2 Å². The van der Waals surface area contributed by atoms with Crippen molar-refractivity contribution in [2.45, 2.75) is 12.5 Å². The van der Waals surface area contributed by atoms with Gasteiger partial charge in [0.1, 0.15) is 5.69 Å². The zero-order valence-electron chi connectivity index (χ0n) is 7.76. The summed E-state index contributed by atoms with van der Waals surface area (Å²) in [6.45, 7) is 1.51. The number of aldehydes is 1. The number of hydrogen-bond donors (Lipinski definition) is 1. The molecule has 0 amide bonds. The number of nitrogens with zero attached hydrogens (tertiary/aromatic N) is 2. The first kappa shape index (κ1) is 9.15. The van der Waals surface area contributed by atoms with Crippen LogP contribution in [0.3, 0.4) is 0 Å². The van der Waals surface area contributed by atoms with Crippen molar-refractivity contribution in [3.8, 4) is 0 Å². The van der Waals surface area contributed by atoms with E-state index >= 15 is 0 Å². The number of rotatable bonds is 2. The molecule has 1 N–H and O–H groups in total. The molecule has 1 unspecified atom stereocenters. The predicted octanol–water partition coefficient (Wildman–Crippen LogP) is 0.465. The summed E-state index contributed by atoms with van der Waals surface area (Å²) in [5, 5.41) is 9.34. The fourth-order valence-electron chi connectivity index (χ4n) is 1.63. The molecule has 14 heavy (non-hydrogen) atoms. The van der Waals surface area contributed by atoms with Gasteiger partial charge in [0.25, 0.3) is 0 Å². The highest BCUT2D eigenvalue weighted by Gasteiger charge is 2.20. The van der Waals surface area contributed by atoms with Crippen molar-refractivity contribution in [2.24, 2.45) is 0 Å². The number of pyridine rings is 1. The molecule has 74 valence electrons. The molecule has 1 aliphatic heterocycles. The lowest BCUT2D eigenvalue weighted by molar-refractivity contribution is 0.111. The van der Waals surface area contributed by atoms with Crippen LogP contribution < -0.4 is 4.90 Å². The minimum absolute atomic E-state index is 0.235. The first-order valence-electron chi connectivity index (χ1n) is 4.64. The van der Waals surface area contributed by atoms with Crippen LogP contribution in [0.5, 0.6) is 0 Å². The molecule has 2 heterocycles. The lowest BCUT2D eigenvalue weighted by atomic mass is 10.3. The molecule has 4 nitrogen and oxygen atoms in total. The number of β-amino-alcohol motifs (C(OH)–C–C–N with tert-alkyl or cyclic N) is 1. The Morgan fingerprint density at radius 1 is 1.57 bits per heavy atom. The maximum absolute atomic E-state index is 10.4. The van der Waals surface area contributed by atoms with E-state index in [0.717, 1.165) is 24.9 Å². The second-order valence-electron chi connectivity index (χ2n) is 3.45. The van der Waals surface area contributed by atoms with Crippen LogP contribution >= 0.6 is 0 Å². The molecular weight excluding hydrogens is 180 g/mol. The molecule has 0 saturated carbocycles. The average Bonchev–Trinajstić information content (AvgIpc) is 2.65. The Hall–Kier alpha value is -1.42. The van der Waals surface area contributed by atoms with Gasteiger partial charge in [0.2, 0.25) is 0 Å². The average molecular weight is 192 g/mol. The SMILES string of the molecule is O=Cc1ccc(N2CCC(O)C2)cn1. The van der Waals surface area contributed by atoms with Gasteiger partial charge >= 0.3 is 0 Å². The normalized spacial score (nSPS) is 21.2. The highest BCUT2D eigenvalue weighted by molar-refractivity contribution is 5.72. The Balaban J connectivity index is 2.13. The summed E-state index contributed by atoms with van der Waals surface area (Å²) in [5.74, 6) is 0. The first-order chi connectivity index (χ1) is 6.79. The van der Waals surface area contributed by atoms with Crippen LogP contribution in [0.2, 0.25) is 0 Å². The number of aliphatic hydroxyl groups excluding tert-OH is 1. The van der Waals surface area contributed by atoms with Gasteiger partial charge in [-0.15, -0.1) is 0 Å². The van der Waals surface area contributed by atoms with Crippen molar-refractivity contribution in [3.63, 3.8) is 0 Å². The molecule has 4 heteroatoms. The van der Waals surface area contributed by atoms with E-state index in [1.54, 1.807) is 12.3 Å². The summed E-state index contributed by atoms with van der Waals surface area (Å²) < 4.78 is 0. The van der Waals surface area contributed by atoms with E-state index in [9.17, 15) is 9.90 Å². The van der Waals surface area contributed by atoms with Gasteiger partial charge in [-0.1, -0.05) is 0 Å². The van der Waals surface area contributed by atoms with Crippen molar-refractivity contribution in [2.75, 3.05) is 18.0 Å². The number of aromatic nitrogens is 1. The maximum atomic E-state index is 10.4. The Morgan fingerprint density at radius 3 is 2.93 bits per heavy atom. The van der Waals surface area contributed by atoms with Crippen molar-refractivity contribution in [1.82, 2.24) is 4.98 Å². The molecule has 1 aromatic heterocycles. The third-order valence-corrected chi connectivity index (χ3v) is 2.42. The highest BCUT2D eigenvalue weighted by Crippen LogP contribution is 2.18. The quantitative estimate of drug-likeness (QED) is 0.692. The predicted molar refractivity (Wildman–Crippen MR) is 52.5 cm³/mol. The van der Waals surface area contributed by atoms with Gasteiger partial charge in [-0.3, -0.25) is 9.78 Å². The zero-order valence-corrected chi connectivity index (χ0v) is 7.76. The van der Waals surface area contributed by atoms with Gasteiger partial charge < -0.3 is 10.0 Å². The van der Waals surface area contributed by atoms with Gasteiger partial charge in [-0.25, -0.2) is 0 Å². The fraction of sp³-hybridized carbons (Fsp3) is 0.400. The first-order valence-corrected chi connectivity index (χ1v) is 4.64. The Morgan fingerprint density at radius 2 is 2.43 bits per heavy atom. The second-order valence-corrected chi connectivity index (χ2v) is 3.45. The van der Waals surface area contributed by atoms with Crippen molar-refractivity contribution >= 4 is 12.0 Å². The maximum Gasteiger partial charge on any atom is 0.168 e. The number of aliphatic hydroxyl groups is 1. The molecule has 0 aromatic carbocycles. The molecule has 1 aliphatic rings. The van der Waals surface area contributed by atoms with Crippen molar-refractivity contribution in [1.29, 1.82) is 0 Å². The van der Waals surface area contributed by atoms with Crippen LogP contribution in [0, 0.1) is 0 Å². The van der Waals surface area contributed by atoms with E-state index in [4.69, 9.17) is 0 Å². The molecule has 2 rings (SSSR count). The van der Waals surface area contributed by atoms with Gasteiger partial charge in [0.15, 0.2) is 6.29 Å². The van der Waals surface area contributed by atoms with Crippen LogP contribution in [0.15, 0.2) is 18.3 Å². The number of carbonyl (C=O) groups is 1. The van der Waals surface area contributed by atoms with E-state index < -0.39 is 0 Å². The number of carbonyl (C=O) groups excluding carboxylic acids is 1. The largest absolute Gasteiger partial charge is 0.391 e. The number of hydrogen-bond acceptors (Lipinski definition) is 4. The molecule has 1 atom stereocenters. The van der Waals surface area contributed by atoms with Crippen LogP contribution in [-0.2, 0) is 0 Å². The standard InChI is InChI=1S/C10H12N2O2/c13-7-8-1-2-9(5-11-8)12-4-3-10(14)6-12/h1-2,5,7,10,14H,3-4,6H2. The molecular formula is C10H12N2O2. The van der Waals surface area contributed by atoms with Crippen LogP contribution in [0.1, 0.15) is 16.9 Å². The molecule has 1 saturated heterocycles. The summed E-state index contributed by atoms with van der Waals surface area (Å²) in [6.07, 6.45) is 2.96. The minimum atomic E-state index is -0.235. The van der Waals surface area contributed by atoms with Gasteiger partial charge in [-0.05, 0) is 18.6 Å². The summed E-state index contributed by atoms with van der Waals surface area (Å²) in [4.78, 5) is 16.4. The fourth-order valence-corrected chi connectivity index (χ4v) is 1.63. The minimum Gasteiger partial charge on any atom is -0.391 e. The monoisotopic (exact) mass is 192 g/mol. The van der Waals surface area contributed by atoms with Gasteiger partial charge in [0, 0.05) is 13.1 Å². The Kier molecular flexibility index (Phi) is 2.45. The summed E-state index contributed by atoms with van der Waals surface area (Å²) >= 11 is 0. The lowest BCUT2D eigenvalue weighted by Gasteiger charge is -2.16. The van der Waals surface area contributed by atoms with E-state index in [2.05, 4.69) is 9.88 Å². The summed E-state index contributed by atoms with van der Waals surface area (Å²) in [7, 11) is 0. The van der Waals surface area contributed by atoms with Gasteiger partial charge in [-0.2, -0.15) is 0 Å². The molecule has 1 fully saturated rings. The summed E-state index contributed by atoms with van der Waals surface area (Å²) in [5.41, 5.74) is 1.40. The van der Waals surface area contributed by atoms with Crippen LogP contribution in [-0.4, -0.2) is 35.6 Å². The Bertz CT molecular complexity index is 323. The lowest BCUT2D eigenvalue weighted by Crippen LogP contribution is -2.21. The van der Waals surface area contributed by atoms with E-state index in [1.807, 2.05) is 6.07 Å². The summed E-state index contributed by atoms with van der Waals surface area (Å²) in [6, 6.07) is 3.54. The smallest absolute Gasteiger partial charge is 0.168 e. The van der Waals surface area contributed by atoms with Gasteiger partial charge in [0.05, 0.1) is 18.0 Å². The topological polar surface area (TPSA) is 53.4 Å². The third-order valence-electron chi connectivity index (χ3n) is 2.42. The zero-order chi connectivity index (χ0) is 9.97. The van der Waals surface area contributed by atoms with E-state index in [-0.39, 0.29) is 6.10 Å². The molecule has 0 bridgehead atoms. The highest BCUT2D eigenvalue weighted by atomic mass is 16.3. The molecule has 1 aromatic rings.